The highest BCUT2D eigenvalue weighted by Gasteiger charge is 2.27. The number of amidine groups is 1. The number of hydroxylamine groups is 1. The number of aliphatic imine (C=N–C) groups is 1. The monoisotopic (exact) mass is 188 g/mol. The normalized spacial score (nSPS) is 20.4. The Balaban J connectivity index is 2.02. The minimum absolute atomic E-state index is 0.425. The van der Waals surface area contributed by atoms with E-state index in [1.165, 1.54) is 24.0 Å². The van der Waals surface area contributed by atoms with Crippen molar-refractivity contribution < 1.29 is 4.84 Å². The van der Waals surface area contributed by atoms with Gasteiger partial charge in [-0.25, -0.2) is 10.5 Å². The predicted octanol–water partition coefficient (Wildman–Crippen LogP) is 1.80. The summed E-state index contributed by atoms with van der Waals surface area (Å²) in [7, 11) is 0. The van der Waals surface area contributed by atoms with Gasteiger partial charge in [0.25, 0.3) is 0 Å². The van der Waals surface area contributed by atoms with Crippen LogP contribution >= 0.6 is 0 Å². The molecular weight excluding hydrogens is 176 g/mol. The SMILES string of the molecule is c1ccc(C2CC2)c(C2=NCON2)c1. The van der Waals surface area contributed by atoms with Crippen LogP contribution in [-0.2, 0) is 4.84 Å². The summed E-state index contributed by atoms with van der Waals surface area (Å²) in [5, 5.41) is 0. The van der Waals surface area contributed by atoms with E-state index in [-0.39, 0.29) is 0 Å². The number of hydrogen-bond acceptors (Lipinski definition) is 3. The summed E-state index contributed by atoms with van der Waals surface area (Å²) in [5.41, 5.74) is 5.45. The summed E-state index contributed by atoms with van der Waals surface area (Å²) in [4.78, 5) is 9.27. The van der Waals surface area contributed by atoms with Gasteiger partial charge in [0.15, 0.2) is 12.6 Å². The molecule has 0 unspecified atom stereocenters. The minimum atomic E-state index is 0.425. The van der Waals surface area contributed by atoms with E-state index in [0.717, 1.165) is 11.8 Å². The van der Waals surface area contributed by atoms with Crippen molar-refractivity contribution in [3.05, 3.63) is 35.4 Å². The molecule has 0 atom stereocenters. The smallest absolute Gasteiger partial charge is 0.167 e. The lowest BCUT2D eigenvalue weighted by Gasteiger charge is -2.07. The molecule has 1 saturated carbocycles. The summed E-state index contributed by atoms with van der Waals surface area (Å²) in [6, 6.07) is 8.43. The van der Waals surface area contributed by atoms with Crippen LogP contribution in [0.25, 0.3) is 0 Å². The molecule has 1 aliphatic carbocycles. The van der Waals surface area contributed by atoms with Crippen LogP contribution in [0.4, 0.5) is 0 Å². The Hall–Kier alpha value is -1.35. The zero-order valence-corrected chi connectivity index (χ0v) is 7.86. The summed E-state index contributed by atoms with van der Waals surface area (Å²) in [6.07, 6.45) is 2.62. The lowest BCUT2D eigenvalue weighted by Crippen LogP contribution is -2.19. The fourth-order valence-corrected chi connectivity index (χ4v) is 1.83. The Morgan fingerprint density at radius 1 is 1.29 bits per heavy atom. The first-order chi connectivity index (χ1) is 6.95. The van der Waals surface area contributed by atoms with Gasteiger partial charge in [-0.2, -0.15) is 0 Å². The van der Waals surface area contributed by atoms with E-state index in [4.69, 9.17) is 4.84 Å². The van der Waals surface area contributed by atoms with Crippen molar-refractivity contribution in [3.8, 4) is 0 Å². The molecule has 1 aliphatic heterocycles. The van der Waals surface area contributed by atoms with Crippen molar-refractivity contribution >= 4 is 5.84 Å². The van der Waals surface area contributed by atoms with Crippen LogP contribution in [0.2, 0.25) is 0 Å². The number of rotatable bonds is 2. The molecule has 3 heteroatoms. The standard InChI is InChI=1S/C11H12N2O/c1-2-4-10(11-12-7-14-13-11)9(3-1)8-5-6-8/h1-4,8H,5-7H2,(H,12,13). The van der Waals surface area contributed by atoms with Crippen molar-refractivity contribution in [1.82, 2.24) is 5.48 Å². The van der Waals surface area contributed by atoms with Gasteiger partial charge in [-0.3, -0.25) is 4.84 Å². The van der Waals surface area contributed by atoms with Crippen molar-refractivity contribution in [2.24, 2.45) is 4.99 Å². The molecule has 1 fully saturated rings. The summed E-state index contributed by atoms with van der Waals surface area (Å²) >= 11 is 0. The first kappa shape index (κ1) is 8.00. The molecule has 0 spiro atoms. The summed E-state index contributed by atoms with van der Waals surface area (Å²) in [5.74, 6) is 1.63. The van der Waals surface area contributed by atoms with Gasteiger partial charge in [-0.05, 0) is 24.3 Å². The molecule has 1 aromatic carbocycles. The fourth-order valence-electron chi connectivity index (χ4n) is 1.83. The van der Waals surface area contributed by atoms with Crippen molar-refractivity contribution in [1.29, 1.82) is 0 Å². The Bertz CT molecular complexity index is 383. The largest absolute Gasteiger partial charge is 0.251 e. The second-order valence-electron chi connectivity index (χ2n) is 3.74. The molecule has 72 valence electrons. The molecule has 0 radical (unpaired) electrons. The highest BCUT2D eigenvalue weighted by Crippen LogP contribution is 2.41. The molecule has 1 N–H and O–H groups in total. The molecule has 3 nitrogen and oxygen atoms in total. The molecule has 1 aromatic rings. The second kappa shape index (κ2) is 3.10. The van der Waals surface area contributed by atoms with Gasteiger partial charge >= 0.3 is 0 Å². The first-order valence-corrected chi connectivity index (χ1v) is 4.97. The Morgan fingerprint density at radius 2 is 2.14 bits per heavy atom. The molecule has 0 bridgehead atoms. The maximum Gasteiger partial charge on any atom is 0.167 e. The maximum absolute atomic E-state index is 5.01. The highest BCUT2D eigenvalue weighted by molar-refractivity contribution is 6.00. The lowest BCUT2D eigenvalue weighted by atomic mass is 10.0. The second-order valence-corrected chi connectivity index (χ2v) is 3.74. The zero-order chi connectivity index (χ0) is 9.38. The topological polar surface area (TPSA) is 33.6 Å². The predicted molar refractivity (Wildman–Crippen MR) is 54.0 cm³/mol. The third-order valence-corrected chi connectivity index (χ3v) is 2.69. The average molecular weight is 188 g/mol. The average Bonchev–Trinajstić information content (AvgIpc) is 2.94. The van der Waals surface area contributed by atoms with Crippen molar-refractivity contribution in [2.45, 2.75) is 18.8 Å². The van der Waals surface area contributed by atoms with Crippen LogP contribution in [0, 0.1) is 0 Å². The third-order valence-electron chi connectivity index (χ3n) is 2.69. The fraction of sp³-hybridized carbons (Fsp3) is 0.364. The van der Waals surface area contributed by atoms with Gasteiger partial charge in [-0.1, -0.05) is 24.3 Å². The molecule has 1 heterocycles. The molecule has 14 heavy (non-hydrogen) atoms. The van der Waals surface area contributed by atoms with Crippen molar-refractivity contribution in [3.63, 3.8) is 0 Å². The van der Waals surface area contributed by atoms with Gasteiger partial charge in [0.2, 0.25) is 0 Å². The van der Waals surface area contributed by atoms with Crippen LogP contribution in [0.3, 0.4) is 0 Å². The van der Waals surface area contributed by atoms with E-state index in [2.05, 4.69) is 28.7 Å². The third kappa shape index (κ3) is 1.30. The Kier molecular flexibility index (Phi) is 1.77. The Morgan fingerprint density at radius 3 is 2.86 bits per heavy atom. The number of nitrogens with one attached hydrogen (secondary N) is 1. The molecule has 3 rings (SSSR count). The van der Waals surface area contributed by atoms with Gasteiger partial charge in [0.05, 0.1) is 0 Å². The van der Waals surface area contributed by atoms with E-state index in [0.29, 0.717) is 6.73 Å². The van der Waals surface area contributed by atoms with E-state index in [1.807, 2.05) is 6.07 Å². The van der Waals surface area contributed by atoms with Gasteiger partial charge < -0.3 is 0 Å². The first-order valence-electron chi connectivity index (χ1n) is 4.97. The quantitative estimate of drug-likeness (QED) is 0.767. The number of benzene rings is 1. The van der Waals surface area contributed by atoms with Gasteiger partial charge in [0.1, 0.15) is 0 Å². The molecular formula is C11H12N2O. The van der Waals surface area contributed by atoms with E-state index in [9.17, 15) is 0 Å². The van der Waals surface area contributed by atoms with E-state index < -0.39 is 0 Å². The zero-order valence-electron chi connectivity index (χ0n) is 7.86. The van der Waals surface area contributed by atoms with Crippen LogP contribution in [-0.4, -0.2) is 12.6 Å². The van der Waals surface area contributed by atoms with E-state index in [1.54, 1.807) is 0 Å². The minimum Gasteiger partial charge on any atom is -0.251 e. The number of nitrogens with zero attached hydrogens (tertiary/aromatic N) is 1. The van der Waals surface area contributed by atoms with Gasteiger partial charge in [-0.15, -0.1) is 0 Å². The lowest BCUT2D eigenvalue weighted by molar-refractivity contribution is 0.115. The summed E-state index contributed by atoms with van der Waals surface area (Å²) in [6.45, 7) is 0.425. The van der Waals surface area contributed by atoms with Crippen molar-refractivity contribution in [2.75, 3.05) is 6.73 Å². The number of hydrogen-bond donors (Lipinski definition) is 1. The van der Waals surface area contributed by atoms with E-state index >= 15 is 0 Å². The molecule has 0 saturated heterocycles. The van der Waals surface area contributed by atoms with Crippen LogP contribution in [0.1, 0.15) is 29.9 Å². The Labute approximate surface area is 82.8 Å². The molecule has 2 aliphatic rings. The van der Waals surface area contributed by atoms with Gasteiger partial charge in [0, 0.05) is 5.56 Å². The highest BCUT2D eigenvalue weighted by atomic mass is 16.7. The van der Waals surface area contributed by atoms with Crippen LogP contribution in [0.15, 0.2) is 29.3 Å². The maximum atomic E-state index is 5.01. The van der Waals surface area contributed by atoms with Crippen LogP contribution < -0.4 is 5.48 Å². The molecule has 0 aromatic heterocycles. The summed E-state index contributed by atoms with van der Waals surface area (Å²) < 4.78 is 0. The molecule has 0 amide bonds. The van der Waals surface area contributed by atoms with Crippen LogP contribution in [0.5, 0.6) is 0 Å².